The van der Waals surface area contributed by atoms with Gasteiger partial charge in [-0.25, -0.2) is 4.79 Å². The number of cyclic esters (lactones) is 1. The van der Waals surface area contributed by atoms with Gasteiger partial charge in [-0.2, -0.15) is 0 Å². The Kier molecular flexibility index (Phi) is 6.21. The number of carbonyl (C=O) groups is 3. The van der Waals surface area contributed by atoms with E-state index in [2.05, 4.69) is 10.6 Å². The van der Waals surface area contributed by atoms with Crippen molar-refractivity contribution < 1.29 is 19.1 Å². The van der Waals surface area contributed by atoms with Gasteiger partial charge < -0.3 is 15.4 Å². The largest absolute Gasteiger partial charge is 0.438 e. The van der Waals surface area contributed by atoms with Crippen LogP contribution in [-0.4, -0.2) is 35.4 Å². The zero-order valence-corrected chi connectivity index (χ0v) is 17.5. The predicted octanol–water partition coefficient (Wildman–Crippen LogP) is 3.62. The zero-order chi connectivity index (χ0) is 21.8. The summed E-state index contributed by atoms with van der Waals surface area (Å²) in [5.74, 6) is 0.197. The highest BCUT2D eigenvalue weighted by Gasteiger charge is 2.47. The van der Waals surface area contributed by atoms with Crippen LogP contribution in [0.2, 0.25) is 0 Å². The van der Waals surface area contributed by atoms with E-state index in [9.17, 15) is 14.4 Å². The van der Waals surface area contributed by atoms with Crippen LogP contribution in [0.5, 0.6) is 0 Å². The molecule has 2 aliphatic rings. The lowest BCUT2D eigenvalue weighted by atomic mass is 10.00. The molecule has 1 aliphatic heterocycles. The minimum Gasteiger partial charge on any atom is -0.438 e. The first kappa shape index (κ1) is 20.9. The van der Waals surface area contributed by atoms with Crippen LogP contribution < -0.4 is 10.6 Å². The Morgan fingerprint density at radius 1 is 1.10 bits per heavy atom. The Hall–Kier alpha value is -3.35. The predicted molar refractivity (Wildman–Crippen MR) is 116 cm³/mol. The normalized spacial score (nSPS) is 20.3. The van der Waals surface area contributed by atoms with Crippen LogP contribution in [0.1, 0.15) is 43.4 Å². The van der Waals surface area contributed by atoms with Gasteiger partial charge in [-0.1, -0.05) is 49.4 Å². The molecule has 2 unspecified atom stereocenters. The number of carbonyl (C=O) groups excluding carboxylic acids is 3. The number of hydrogen-bond donors (Lipinski definition) is 2. The summed E-state index contributed by atoms with van der Waals surface area (Å²) < 4.78 is 5.69. The summed E-state index contributed by atoms with van der Waals surface area (Å²) in [5.41, 5.74) is 2.20. The fourth-order valence-corrected chi connectivity index (χ4v) is 3.70. The molecule has 0 bridgehead atoms. The molecule has 2 N–H and O–H groups in total. The van der Waals surface area contributed by atoms with Gasteiger partial charge in [0.25, 0.3) is 0 Å². The third-order valence-corrected chi connectivity index (χ3v) is 5.63. The summed E-state index contributed by atoms with van der Waals surface area (Å²) >= 11 is 0. The fraction of sp³-hybridized carbons (Fsp3) is 0.375. The van der Waals surface area contributed by atoms with E-state index in [0.29, 0.717) is 30.1 Å². The minimum absolute atomic E-state index is 0.106. The number of rotatable bonds is 8. The van der Waals surface area contributed by atoms with Crippen molar-refractivity contribution in [3.05, 3.63) is 65.7 Å². The van der Waals surface area contributed by atoms with Crippen molar-refractivity contribution >= 4 is 23.6 Å². The highest BCUT2D eigenvalue weighted by molar-refractivity contribution is 5.91. The first-order valence-corrected chi connectivity index (χ1v) is 10.7. The van der Waals surface area contributed by atoms with Crippen LogP contribution in [0.25, 0.3) is 0 Å². The average Bonchev–Trinajstić information content (AvgIpc) is 3.56. The topological polar surface area (TPSA) is 87.7 Å². The van der Waals surface area contributed by atoms with Crippen LogP contribution in [0.3, 0.4) is 0 Å². The molecular formula is C24H27N3O4. The maximum absolute atomic E-state index is 13.2. The van der Waals surface area contributed by atoms with E-state index in [1.165, 1.54) is 4.90 Å². The molecule has 4 rings (SSSR count). The third-order valence-electron chi connectivity index (χ3n) is 5.63. The highest BCUT2D eigenvalue weighted by atomic mass is 16.6. The van der Waals surface area contributed by atoms with Gasteiger partial charge in [0.2, 0.25) is 11.8 Å². The van der Waals surface area contributed by atoms with Crippen molar-refractivity contribution in [1.29, 1.82) is 0 Å². The lowest BCUT2D eigenvalue weighted by Crippen LogP contribution is -2.46. The van der Waals surface area contributed by atoms with Crippen molar-refractivity contribution in [2.45, 2.75) is 44.9 Å². The molecule has 1 aliphatic carbocycles. The molecule has 2 fully saturated rings. The summed E-state index contributed by atoms with van der Waals surface area (Å²) in [7, 11) is 0. The maximum Gasteiger partial charge on any atom is 0.411 e. The fourth-order valence-electron chi connectivity index (χ4n) is 3.70. The van der Waals surface area contributed by atoms with Crippen LogP contribution in [0.15, 0.2) is 54.6 Å². The molecule has 0 aromatic heterocycles. The smallest absolute Gasteiger partial charge is 0.411 e. The van der Waals surface area contributed by atoms with Gasteiger partial charge in [0.15, 0.2) is 12.1 Å². The van der Waals surface area contributed by atoms with Crippen LogP contribution in [0, 0.1) is 5.92 Å². The number of amides is 3. The minimum atomic E-state index is -0.788. The monoisotopic (exact) mass is 421 g/mol. The summed E-state index contributed by atoms with van der Waals surface area (Å²) in [6.45, 7) is 2.67. The van der Waals surface area contributed by atoms with E-state index in [4.69, 9.17) is 4.74 Å². The van der Waals surface area contributed by atoms with E-state index in [-0.39, 0.29) is 18.4 Å². The lowest BCUT2D eigenvalue weighted by molar-refractivity contribution is -0.126. The second kappa shape index (κ2) is 9.20. The van der Waals surface area contributed by atoms with E-state index in [0.717, 1.165) is 18.4 Å². The summed E-state index contributed by atoms with van der Waals surface area (Å²) in [6.07, 6.45) is 1.32. The van der Waals surface area contributed by atoms with Crippen molar-refractivity contribution in [3.63, 3.8) is 0 Å². The Balaban J connectivity index is 1.60. The highest BCUT2D eigenvalue weighted by Crippen LogP contribution is 2.35. The molecule has 2 aromatic rings. The van der Waals surface area contributed by atoms with E-state index in [1.807, 2.05) is 36.4 Å². The van der Waals surface area contributed by atoms with Crippen molar-refractivity contribution in [3.8, 4) is 0 Å². The average molecular weight is 421 g/mol. The van der Waals surface area contributed by atoms with Gasteiger partial charge >= 0.3 is 6.09 Å². The molecule has 2 atom stereocenters. The molecule has 162 valence electrons. The lowest BCUT2D eigenvalue weighted by Gasteiger charge is -2.24. The first-order chi connectivity index (χ1) is 15.0. The van der Waals surface area contributed by atoms with Crippen LogP contribution in [0.4, 0.5) is 10.5 Å². The zero-order valence-electron chi connectivity index (χ0n) is 17.5. The molecule has 1 heterocycles. The quantitative estimate of drug-likeness (QED) is 0.681. The van der Waals surface area contributed by atoms with Gasteiger partial charge in [-0.05, 0) is 42.0 Å². The molecule has 7 nitrogen and oxygen atoms in total. The van der Waals surface area contributed by atoms with Crippen LogP contribution >= 0.6 is 0 Å². The SMILES string of the molecule is CCC(=O)Nc1cccc(C2OC(=O)N(Cc3ccccc3)C2C(=O)NCC2CC2)c1. The molecule has 31 heavy (non-hydrogen) atoms. The molecule has 7 heteroatoms. The van der Waals surface area contributed by atoms with Gasteiger partial charge in [-0.3, -0.25) is 14.5 Å². The number of anilines is 1. The number of ether oxygens (including phenoxy) is 1. The molecular weight excluding hydrogens is 394 g/mol. The second-order valence-electron chi connectivity index (χ2n) is 8.08. The van der Waals surface area contributed by atoms with E-state index >= 15 is 0 Å². The van der Waals surface area contributed by atoms with Gasteiger partial charge in [0.05, 0.1) is 6.54 Å². The summed E-state index contributed by atoms with van der Waals surface area (Å²) in [5, 5.41) is 5.81. The molecule has 1 saturated heterocycles. The van der Waals surface area contributed by atoms with Crippen LogP contribution in [-0.2, 0) is 20.9 Å². The number of nitrogens with zero attached hydrogens (tertiary/aromatic N) is 1. The Labute approximate surface area is 181 Å². The number of hydrogen-bond acceptors (Lipinski definition) is 4. The molecule has 0 spiro atoms. The number of nitrogens with one attached hydrogen (secondary N) is 2. The first-order valence-electron chi connectivity index (χ1n) is 10.7. The van der Waals surface area contributed by atoms with Crippen molar-refractivity contribution in [1.82, 2.24) is 10.2 Å². The second-order valence-corrected chi connectivity index (χ2v) is 8.08. The maximum atomic E-state index is 13.2. The summed E-state index contributed by atoms with van der Waals surface area (Å²) in [6, 6.07) is 15.9. The van der Waals surface area contributed by atoms with Crippen molar-refractivity contribution in [2.75, 3.05) is 11.9 Å². The Morgan fingerprint density at radius 3 is 2.58 bits per heavy atom. The third kappa shape index (κ3) is 5.05. The number of benzene rings is 2. The standard InChI is InChI=1S/C24H27N3O4/c1-2-20(28)26-19-10-6-9-18(13-19)22-21(23(29)25-14-16-11-12-16)27(24(30)31-22)15-17-7-4-3-5-8-17/h3-10,13,16,21-22H,2,11-12,14-15H2,1H3,(H,25,29)(H,26,28). The van der Waals surface area contributed by atoms with Gasteiger partial charge in [0.1, 0.15) is 0 Å². The molecule has 2 aromatic carbocycles. The van der Waals surface area contributed by atoms with Gasteiger partial charge in [0, 0.05) is 18.7 Å². The molecule has 3 amide bonds. The Bertz CT molecular complexity index is 958. The molecule has 0 radical (unpaired) electrons. The van der Waals surface area contributed by atoms with E-state index < -0.39 is 18.2 Å². The van der Waals surface area contributed by atoms with Crippen molar-refractivity contribution in [2.24, 2.45) is 5.92 Å². The molecule has 1 saturated carbocycles. The summed E-state index contributed by atoms with van der Waals surface area (Å²) in [4.78, 5) is 39.2. The van der Waals surface area contributed by atoms with E-state index in [1.54, 1.807) is 25.1 Å². The van der Waals surface area contributed by atoms with Gasteiger partial charge in [-0.15, -0.1) is 0 Å². The Morgan fingerprint density at radius 2 is 1.87 bits per heavy atom.